The van der Waals surface area contributed by atoms with Crippen molar-refractivity contribution >= 4 is 11.6 Å². The first kappa shape index (κ1) is 15.9. The summed E-state index contributed by atoms with van der Waals surface area (Å²) in [4.78, 5) is 0. The van der Waals surface area contributed by atoms with Gasteiger partial charge < -0.3 is 10.4 Å². The summed E-state index contributed by atoms with van der Waals surface area (Å²) in [5, 5.41) is 18.0. The van der Waals surface area contributed by atoms with Crippen LogP contribution in [0, 0.1) is 5.92 Å². The van der Waals surface area contributed by atoms with E-state index in [1.165, 1.54) is 6.07 Å². The van der Waals surface area contributed by atoms with Crippen molar-refractivity contribution in [3.63, 3.8) is 0 Å². The first-order valence-corrected chi connectivity index (χ1v) is 7.66. The predicted molar refractivity (Wildman–Crippen MR) is 86.7 cm³/mol. The fourth-order valence-electron chi connectivity index (χ4n) is 2.12. The van der Waals surface area contributed by atoms with Crippen molar-refractivity contribution in [3.05, 3.63) is 35.5 Å². The second-order valence-corrected chi connectivity index (χ2v) is 6.05. The topological polar surface area (TPSA) is 50.1 Å². The Morgan fingerprint density at radius 2 is 2.14 bits per heavy atom. The molecule has 0 fully saturated rings. The zero-order valence-corrected chi connectivity index (χ0v) is 13.3. The maximum Gasteiger partial charge on any atom is 0.117 e. The van der Waals surface area contributed by atoms with E-state index in [-0.39, 0.29) is 5.75 Å². The summed E-state index contributed by atoms with van der Waals surface area (Å²) in [6, 6.07) is 6.93. The van der Waals surface area contributed by atoms with E-state index < -0.39 is 0 Å². The Bertz CT molecular complexity index is 560. The molecule has 0 aliphatic rings. The van der Waals surface area contributed by atoms with Gasteiger partial charge in [-0.2, -0.15) is 5.10 Å². The molecule has 0 radical (unpaired) electrons. The minimum absolute atomic E-state index is 0.157. The van der Waals surface area contributed by atoms with Crippen LogP contribution in [0.15, 0.2) is 30.5 Å². The summed E-state index contributed by atoms with van der Waals surface area (Å²) in [5.74, 6) is 0.835. The molecule has 0 atom stereocenters. The van der Waals surface area contributed by atoms with E-state index in [4.69, 9.17) is 11.6 Å². The van der Waals surface area contributed by atoms with Crippen LogP contribution < -0.4 is 5.32 Å². The van der Waals surface area contributed by atoms with Crippen molar-refractivity contribution in [2.24, 2.45) is 5.92 Å². The van der Waals surface area contributed by atoms with E-state index in [0.717, 1.165) is 37.3 Å². The molecule has 0 amide bonds. The molecule has 0 spiro atoms. The maximum absolute atomic E-state index is 9.58. The third kappa shape index (κ3) is 5.06. The minimum Gasteiger partial charge on any atom is -0.508 e. The van der Waals surface area contributed by atoms with Crippen LogP contribution in [0.5, 0.6) is 5.75 Å². The lowest BCUT2D eigenvalue weighted by atomic mass is 10.1. The van der Waals surface area contributed by atoms with Crippen molar-refractivity contribution in [3.8, 4) is 17.0 Å². The van der Waals surface area contributed by atoms with Gasteiger partial charge in [-0.3, -0.25) is 4.68 Å². The van der Waals surface area contributed by atoms with Gasteiger partial charge >= 0.3 is 0 Å². The van der Waals surface area contributed by atoms with E-state index in [2.05, 4.69) is 24.3 Å². The number of phenolic OH excluding ortho intramolecular Hbond substituents is 1. The Labute approximate surface area is 130 Å². The summed E-state index contributed by atoms with van der Waals surface area (Å²) in [7, 11) is 0. The molecule has 0 aliphatic carbocycles. The first-order valence-electron chi connectivity index (χ1n) is 7.28. The molecule has 0 saturated heterocycles. The highest BCUT2D eigenvalue weighted by atomic mass is 35.5. The second kappa shape index (κ2) is 7.48. The van der Waals surface area contributed by atoms with Crippen molar-refractivity contribution in [1.29, 1.82) is 0 Å². The van der Waals surface area contributed by atoms with E-state index in [1.54, 1.807) is 12.1 Å². The van der Waals surface area contributed by atoms with Gasteiger partial charge in [-0.05, 0) is 49.7 Å². The second-order valence-electron chi connectivity index (χ2n) is 5.61. The summed E-state index contributed by atoms with van der Waals surface area (Å²) >= 11 is 5.95. The number of hydrogen-bond donors (Lipinski definition) is 2. The van der Waals surface area contributed by atoms with Crippen LogP contribution in [0.2, 0.25) is 5.02 Å². The molecule has 1 heterocycles. The standard InChI is InChI=1S/C16H22ClN3O/c1-12(2)11-18-5-3-6-20-7-4-16(19-20)13-8-14(17)10-15(21)9-13/h4,7-10,12,18,21H,3,5-6,11H2,1-2H3. The maximum atomic E-state index is 9.58. The van der Waals surface area contributed by atoms with Gasteiger partial charge in [-0.1, -0.05) is 25.4 Å². The Kier molecular flexibility index (Phi) is 5.65. The van der Waals surface area contributed by atoms with Crippen LogP contribution in [0.3, 0.4) is 0 Å². The molecule has 2 aromatic rings. The highest BCUT2D eigenvalue weighted by Gasteiger charge is 2.05. The van der Waals surface area contributed by atoms with E-state index in [1.807, 2.05) is 16.9 Å². The van der Waals surface area contributed by atoms with E-state index in [0.29, 0.717) is 10.9 Å². The summed E-state index contributed by atoms with van der Waals surface area (Å²) in [6.07, 6.45) is 2.99. The van der Waals surface area contributed by atoms with Gasteiger partial charge in [0, 0.05) is 23.3 Å². The predicted octanol–water partition coefficient (Wildman–Crippen LogP) is 3.54. The molecule has 114 valence electrons. The van der Waals surface area contributed by atoms with Crippen molar-refractivity contribution in [2.45, 2.75) is 26.8 Å². The van der Waals surface area contributed by atoms with Gasteiger partial charge in [0.15, 0.2) is 0 Å². The van der Waals surface area contributed by atoms with Crippen LogP contribution in [-0.4, -0.2) is 28.0 Å². The number of aryl methyl sites for hydroxylation is 1. The average Bonchev–Trinajstić information content (AvgIpc) is 2.85. The quantitative estimate of drug-likeness (QED) is 0.769. The van der Waals surface area contributed by atoms with Crippen LogP contribution in [0.4, 0.5) is 0 Å². The molecule has 2 N–H and O–H groups in total. The summed E-state index contributed by atoms with van der Waals surface area (Å²) in [6.45, 7) is 7.31. The fraction of sp³-hybridized carbons (Fsp3) is 0.438. The number of nitrogens with zero attached hydrogens (tertiary/aromatic N) is 2. The fourth-order valence-corrected chi connectivity index (χ4v) is 2.35. The summed E-state index contributed by atoms with van der Waals surface area (Å²) < 4.78 is 1.92. The lowest BCUT2D eigenvalue weighted by Gasteiger charge is -2.07. The molecule has 1 aromatic carbocycles. The smallest absolute Gasteiger partial charge is 0.117 e. The molecular formula is C16H22ClN3O. The average molecular weight is 308 g/mol. The highest BCUT2D eigenvalue weighted by molar-refractivity contribution is 6.31. The van der Waals surface area contributed by atoms with Crippen LogP contribution in [0.1, 0.15) is 20.3 Å². The van der Waals surface area contributed by atoms with Gasteiger partial charge in [0.2, 0.25) is 0 Å². The Morgan fingerprint density at radius 1 is 1.33 bits per heavy atom. The third-order valence-corrected chi connectivity index (χ3v) is 3.33. The number of aromatic hydroxyl groups is 1. The largest absolute Gasteiger partial charge is 0.508 e. The van der Waals surface area contributed by atoms with Crippen molar-refractivity contribution < 1.29 is 5.11 Å². The highest BCUT2D eigenvalue weighted by Crippen LogP contribution is 2.26. The number of nitrogens with one attached hydrogen (secondary N) is 1. The van der Waals surface area contributed by atoms with Crippen LogP contribution in [0.25, 0.3) is 11.3 Å². The lowest BCUT2D eigenvalue weighted by molar-refractivity contribution is 0.475. The number of aromatic nitrogens is 2. The molecule has 1 aromatic heterocycles. The van der Waals surface area contributed by atoms with E-state index >= 15 is 0 Å². The number of phenols is 1. The van der Waals surface area contributed by atoms with Gasteiger partial charge in [0.05, 0.1) is 5.69 Å². The zero-order chi connectivity index (χ0) is 15.2. The molecule has 4 nitrogen and oxygen atoms in total. The summed E-state index contributed by atoms with van der Waals surface area (Å²) in [5.41, 5.74) is 1.65. The number of hydrogen-bond acceptors (Lipinski definition) is 3. The number of halogens is 1. The first-order chi connectivity index (χ1) is 10.0. The molecule has 2 rings (SSSR count). The monoisotopic (exact) mass is 307 g/mol. The van der Waals surface area contributed by atoms with Crippen molar-refractivity contribution in [2.75, 3.05) is 13.1 Å². The molecule has 21 heavy (non-hydrogen) atoms. The molecular weight excluding hydrogens is 286 g/mol. The van der Waals surface area contributed by atoms with Crippen LogP contribution in [-0.2, 0) is 6.54 Å². The third-order valence-electron chi connectivity index (χ3n) is 3.11. The van der Waals surface area contributed by atoms with Crippen molar-refractivity contribution in [1.82, 2.24) is 15.1 Å². The van der Waals surface area contributed by atoms with Gasteiger partial charge in [0.1, 0.15) is 5.75 Å². The van der Waals surface area contributed by atoms with Gasteiger partial charge in [-0.25, -0.2) is 0 Å². The van der Waals surface area contributed by atoms with E-state index in [9.17, 15) is 5.11 Å². The number of rotatable bonds is 7. The number of benzene rings is 1. The van der Waals surface area contributed by atoms with Gasteiger partial charge in [0.25, 0.3) is 0 Å². The minimum atomic E-state index is 0.157. The van der Waals surface area contributed by atoms with Gasteiger partial charge in [-0.15, -0.1) is 0 Å². The molecule has 0 aliphatic heterocycles. The Balaban J connectivity index is 1.89. The molecule has 5 heteroatoms. The molecule has 0 saturated carbocycles. The lowest BCUT2D eigenvalue weighted by Crippen LogP contribution is -2.21. The Hall–Kier alpha value is -1.52. The SMILES string of the molecule is CC(C)CNCCCn1ccc(-c2cc(O)cc(Cl)c2)n1. The molecule has 0 bridgehead atoms. The molecule has 0 unspecified atom stereocenters. The Morgan fingerprint density at radius 3 is 2.86 bits per heavy atom. The normalized spacial score (nSPS) is 11.2. The van der Waals surface area contributed by atoms with Crippen LogP contribution >= 0.6 is 11.6 Å². The zero-order valence-electron chi connectivity index (χ0n) is 12.5.